The van der Waals surface area contributed by atoms with Gasteiger partial charge in [-0.1, -0.05) is 27.2 Å². The Balaban J connectivity index is 2.72. The molecule has 7 atom stereocenters. The van der Waals surface area contributed by atoms with Crippen molar-refractivity contribution in [1.82, 2.24) is 0 Å². The number of aliphatic hydroxyl groups is 5. The van der Waals surface area contributed by atoms with Crippen LogP contribution in [0.4, 0.5) is 0 Å². The highest BCUT2D eigenvalue weighted by Gasteiger charge is 2.40. The summed E-state index contributed by atoms with van der Waals surface area (Å²) in [5.41, 5.74) is 0. The van der Waals surface area contributed by atoms with Crippen molar-refractivity contribution in [3.05, 3.63) is 0 Å². The van der Waals surface area contributed by atoms with E-state index in [1.165, 1.54) is 0 Å². The van der Waals surface area contributed by atoms with Gasteiger partial charge in [0.15, 0.2) is 6.10 Å². The first-order valence-electron chi connectivity index (χ1n) is 8.68. The normalized spacial score (nSPS) is 28.9. The van der Waals surface area contributed by atoms with Crippen LogP contribution in [0.5, 0.6) is 0 Å². The van der Waals surface area contributed by atoms with E-state index in [-0.39, 0.29) is 11.8 Å². The van der Waals surface area contributed by atoms with Crippen LogP contribution in [0.15, 0.2) is 0 Å². The van der Waals surface area contributed by atoms with E-state index < -0.39 is 48.9 Å². The average molecular weight is 362 g/mol. The zero-order chi connectivity index (χ0) is 19.3. The largest absolute Gasteiger partial charge is 0.456 e. The van der Waals surface area contributed by atoms with E-state index in [1.54, 1.807) is 0 Å². The monoisotopic (exact) mass is 362 g/mol. The average Bonchev–Trinajstić information content (AvgIpc) is 2.57. The Morgan fingerprint density at radius 3 is 2.20 bits per heavy atom. The lowest BCUT2D eigenvalue weighted by Gasteiger charge is -2.36. The van der Waals surface area contributed by atoms with Crippen LogP contribution in [0.1, 0.15) is 40.0 Å². The zero-order valence-electron chi connectivity index (χ0n) is 14.9. The summed E-state index contributed by atoms with van der Waals surface area (Å²) in [7, 11) is 0. The number of Topliss-reactive ketones (excluding diaryl/α,β-unsaturated/α-hetero) is 1. The summed E-state index contributed by atoms with van der Waals surface area (Å²) < 4.78 is 5.28. The van der Waals surface area contributed by atoms with Crippen molar-refractivity contribution >= 4 is 11.8 Å². The van der Waals surface area contributed by atoms with Gasteiger partial charge < -0.3 is 30.3 Å². The molecule has 0 aliphatic heterocycles. The molecule has 0 spiro atoms. The molecule has 8 heteroatoms. The number of hydrogen-bond donors (Lipinski definition) is 5. The first-order chi connectivity index (χ1) is 11.6. The molecule has 146 valence electrons. The van der Waals surface area contributed by atoms with Gasteiger partial charge in [0.1, 0.15) is 24.4 Å². The minimum absolute atomic E-state index is 0.108. The quantitative estimate of drug-likeness (QED) is 0.273. The Bertz CT molecular complexity index is 452. The summed E-state index contributed by atoms with van der Waals surface area (Å²) in [5, 5.41) is 47.0. The highest BCUT2D eigenvalue weighted by molar-refractivity contribution is 6.35. The highest BCUT2D eigenvalue weighted by atomic mass is 16.6. The van der Waals surface area contributed by atoms with Gasteiger partial charge in [-0.25, -0.2) is 4.79 Å². The topological polar surface area (TPSA) is 145 Å². The Labute approximate surface area is 147 Å². The van der Waals surface area contributed by atoms with Crippen molar-refractivity contribution in [1.29, 1.82) is 0 Å². The molecule has 0 heterocycles. The van der Waals surface area contributed by atoms with E-state index in [9.17, 15) is 30.0 Å². The standard InChI is InChI=1S/C17H30O8/c1-8(2)10-5-4-9(3)6-12(10)25-17(24)16(23)15(22)14(21)13(20)11(19)7-18/h8-15,18-22H,4-7H2,1-3H3/t9?,10?,11-,12?,13-,14+,15-/m1/s1. The van der Waals surface area contributed by atoms with Gasteiger partial charge in [0.05, 0.1) is 6.61 Å². The minimum atomic E-state index is -2.25. The van der Waals surface area contributed by atoms with Crippen LogP contribution in [0, 0.1) is 17.8 Å². The van der Waals surface area contributed by atoms with E-state index in [0.29, 0.717) is 12.3 Å². The molecule has 1 saturated carbocycles. The number of ether oxygens (including phenoxy) is 1. The van der Waals surface area contributed by atoms with E-state index in [0.717, 1.165) is 12.8 Å². The predicted octanol–water partition coefficient (Wildman–Crippen LogP) is -1.00. The molecule has 8 nitrogen and oxygen atoms in total. The molecule has 0 aromatic carbocycles. The van der Waals surface area contributed by atoms with Crippen LogP contribution in [0.25, 0.3) is 0 Å². The van der Waals surface area contributed by atoms with Gasteiger partial charge in [-0.3, -0.25) is 4.79 Å². The maximum atomic E-state index is 12.1. The molecular weight excluding hydrogens is 332 g/mol. The second kappa shape index (κ2) is 9.59. The van der Waals surface area contributed by atoms with Gasteiger partial charge in [-0.05, 0) is 30.6 Å². The fourth-order valence-corrected chi connectivity index (χ4v) is 3.24. The molecule has 3 unspecified atom stereocenters. The third-order valence-electron chi connectivity index (χ3n) is 4.94. The van der Waals surface area contributed by atoms with Crippen molar-refractivity contribution in [2.24, 2.45) is 17.8 Å². The van der Waals surface area contributed by atoms with Crippen LogP contribution >= 0.6 is 0 Å². The second-order valence-corrected chi connectivity index (χ2v) is 7.31. The maximum absolute atomic E-state index is 12.1. The molecule has 1 aliphatic rings. The molecule has 0 aromatic rings. The predicted molar refractivity (Wildman–Crippen MR) is 87.3 cm³/mol. The third kappa shape index (κ3) is 5.72. The van der Waals surface area contributed by atoms with Crippen LogP contribution in [-0.2, 0) is 14.3 Å². The highest BCUT2D eigenvalue weighted by Crippen LogP contribution is 2.35. The van der Waals surface area contributed by atoms with Gasteiger partial charge in [0.25, 0.3) is 5.78 Å². The second-order valence-electron chi connectivity index (χ2n) is 7.31. The zero-order valence-corrected chi connectivity index (χ0v) is 14.9. The van der Waals surface area contributed by atoms with Crippen LogP contribution in [0.2, 0.25) is 0 Å². The first-order valence-corrected chi connectivity index (χ1v) is 8.68. The first kappa shape index (κ1) is 22.0. The maximum Gasteiger partial charge on any atom is 0.377 e. The van der Waals surface area contributed by atoms with Gasteiger partial charge in [0, 0.05) is 0 Å². The van der Waals surface area contributed by atoms with Crippen LogP contribution in [-0.4, -0.2) is 74.4 Å². The molecule has 25 heavy (non-hydrogen) atoms. The lowest BCUT2D eigenvalue weighted by molar-refractivity contribution is -0.172. The Kier molecular flexibility index (Phi) is 8.43. The molecule has 1 fully saturated rings. The SMILES string of the molecule is CC1CCC(C(C)C)C(OC(=O)C(=O)[C@H](O)[C@@H](O)[C@H](O)[C@H](O)CO)C1. The lowest BCUT2D eigenvalue weighted by atomic mass is 9.75. The molecule has 1 rings (SSSR count). The minimum Gasteiger partial charge on any atom is -0.456 e. The van der Waals surface area contributed by atoms with Crippen LogP contribution in [0.3, 0.4) is 0 Å². The van der Waals surface area contributed by atoms with E-state index >= 15 is 0 Å². The van der Waals surface area contributed by atoms with Gasteiger partial charge in [-0.15, -0.1) is 0 Å². The third-order valence-corrected chi connectivity index (χ3v) is 4.94. The molecule has 5 N–H and O–H groups in total. The van der Waals surface area contributed by atoms with Crippen molar-refractivity contribution in [2.45, 2.75) is 70.6 Å². The van der Waals surface area contributed by atoms with Gasteiger partial charge >= 0.3 is 5.97 Å². The van der Waals surface area contributed by atoms with E-state index in [2.05, 4.69) is 0 Å². The summed E-state index contributed by atoms with van der Waals surface area (Å²) in [6.45, 7) is 5.17. The number of carbonyl (C=O) groups excluding carboxylic acids is 2. The number of carbonyl (C=O) groups is 2. The molecule has 0 bridgehead atoms. The van der Waals surface area contributed by atoms with Crippen LogP contribution < -0.4 is 0 Å². The molecular formula is C17H30O8. The Hall–Kier alpha value is -1.06. The molecule has 0 radical (unpaired) electrons. The van der Waals surface area contributed by atoms with Crippen molar-refractivity contribution in [3.8, 4) is 0 Å². The van der Waals surface area contributed by atoms with Crippen molar-refractivity contribution < 1.29 is 39.9 Å². The lowest BCUT2D eigenvalue weighted by Crippen LogP contribution is -2.51. The van der Waals surface area contributed by atoms with Crippen molar-refractivity contribution in [2.75, 3.05) is 6.61 Å². The molecule has 0 saturated heterocycles. The summed E-state index contributed by atoms with van der Waals surface area (Å²) in [6.07, 6.45) is -6.04. The summed E-state index contributed by atoms with van der Waals surface area (Å²) in [6, 6.07) is 0. The summed E-state index contributed by atoms with van der Waals surface area (Å²) >= 11 is 0. The van der Waals surface area contributed by atoms with Crippen molar-refractivity contribution in [3.63, 3.8) is 0 Å². The molecule has 0 aromatic heterocycles. The number of aliphatic hydroxyl groups excluding tert-OH is 5. The van der Waals surface area contributed by atoms with E-state index in [4.69, 9.17) is 9.84 Å². The van der Waals surface area contributed by atoms with Gasteiger partial charge in [-0.2, -0.15) is 0 Å². The smallest absolute Gasteiger partial charge is 0.377 e. The number of esters is 1. The number of hydrogen-bond acceptors (Lipinski definition) is 8. The Morgan fingerprint density at radius 1 is 1.08 bits per heavy atom. The fraction of sp³-hybridized carbons (Fsp3) is 0.882. The number of ketones is 1. The molecule has 1 aliphatic carbocycles. The summed E-state index contributed by atoms with van der Waals surface area (Å²) in [5.74, 6) is -1.95. The fourth-order valence-electron chi connectivity index (χ4n) is 3.24. The van der Waals surface area contributed by atoms with E-state index in [1.807, 2.05) is 20.8 Å². The molecule has 0 amide bonds. The summed E-state index contributed by atoms with van der Waals surface area (Å²) in [4.78, 5) is 24.0. The number of rotatable bonds is 8. The van der Waals surface area contributed by atoms with Gasteiger partial charge in [0.2, 0.25) is 0 Å². The Morgan fingerprint density at radius 2 is 1.68 bits per heavy atom.